The van der Waals surface area contributed by atoms with Gasteiger partial charge in [-0.3, -0.25) is 4.79 Å². The van der Waals surface area contributed by atoms with Gasteiger partial charge in [0, 0.05) is 17.4 Å². The number of carbonyl (C=O) groups is 1. The summed E-state index contributed by atoms with van der Waals surface area (Å²) in [5.41, 5.74) is 0.964. The summed E-state index contributed by atoms with van der Waals surface area (Å²) in [6.07, 6.45) is -0.0281. The third-order valence-corrected chi connectivity index (χ3v) is 5.18. The molecule has 0 spiro atoms. The highest BCUT2D eigenvalue weighted by Gasteiger charge is 2.38. The Balaban J connectivity index is 2.18. The number of sulfonamides is 1. The molecule has 1 aromatic carbocycles. The van der Waals surface area contributed by atoms with Crippen molar-refractivity contribution in [2.24, 2.45) is 5.14 Å². The predicted molar refractivity (Wildman–Crippen MR) is 75.8 cm³/mol. The summed E-state index contributed by atoms with van der Waals surface area (Å²) in [7, 11) is -3.66. The minimum Gasteiger partial charge on any atom is -0.335 e. The summed E-state index contributed by atoms with van der Waals surface area (Å²) in [6, 6.07) is 7.44. The van der Waals surface area contributed by atoms with E-state index in [1.54, 1.807) is 4.90 Å². The van der Waals surface area contributed by atoms with Gasteiger partial charge in [-0.15, -0.1) is 0 Å². The number of hydrogen-bond donors (Lipinski definition) is 1. The second kappa shape index (κ2) is 5.22. The molecule has 2 atom stereocenters. The third-order valence-electron chi connectivity index (χ3n) is 3.41. The summed E-state index contributed by atoms with van der Waals surface area (Å²) < 4.78 is 23.6. The number of nitrogens with zero attached hydrogens (tertiary/aromatic N) is 1. The molecule has 1 heterocycles. The lowest BCUT2D eigenvalue weighted by molar-refractivity contribution is -0.129. The molecule has 19 heavy (non-hydrogen) atoms. The van der Waals surface area contributed by atoms with Crippen LogP contribution in [0.2, 0.25) is 0 Å². The lowest BCUT2D eigenvalue weighted by Gasteiger charge is -2.25. The van der Waals surface area contributed by atoms with Gasteiger partial charge in [0.1, 0.15) is 5.25 Å². The minimum absolute atomic E-state index is 0.0281. The van der Waals surface area contributed by atoms with Crippen LogP contribution in [0.1, 0.15) is 24.9 Å². The van der Waals surface area contributed by atoms with Crippen molar-refractivity contribution in [3.63, 3.8) is 0 Å². The Morgan fingerprint density at radius 1 is 1.37 bits per heavy atom. The number of halogens is 1. The molecule has 0 radical (unpaired) electrons. The zero-order valence-corrected chi connectivity index (χ0v) is 12.8. The average Bonchev–Trinajstić information content (AvgIpc) is 2.71. The van der Waals surface area contributed by atoms with Gasteiger partial charge in [0.15, 0.2) is 0 Å². The van der Waals surface area contributed by atoms with Crippen molar-refractivity contribution in [1.29, 1.82) is 0 Å². The van der Waals surface area contributed by atoms with E-state index < -0.39 is 15.3 Å². The predicted octanol–water partition coefficient (Wildman–Crippen LogP) is 1.40. The average molecular weight is 347 g/mol. The van der Waals surface area contributed by atoms with Crippen LogP contribution >= 0.6 is 15.9 Å². The molecule has 0 aliphatic carbocycles. The first-order chi connectivity index (χ1) is 8.79. The maximum absolute atomic E-state index is 11.9. The smallest absolute Gasteiger partial charge is 0.224 e. The van der Waals surface area contributed by atoms with Crippen LogP contribution in [-0.2, 0) is 14.8 Å². The molecule has 1 saturated heterocycles. The monoisotopic (exact) mass is 346 g/mol. The Hall–Kier alpha value is -0.920. The molecule has 1 amide bonds. The van der Waals surface area contributed by atoms with E-state index in [0.29, 0.717) is 0 Å². The Kier molecular flexibility index (Phi) is 3.98. The Morgan fingerprint density at radius 2 is 1.95 bits per heavy atom. The second-order valence-electron chi connectivity index (χ2n) is 4.69. The molecule has 1 fully saturated rings. The number of likely N-dealkylation sites (tertiary alicyclic amines) is 1. The van der Waals surface area contributed by atoms with Crippen molar-refractivity contribution in [1.82, 2.24) is 4.90 Å². The van der Waals surface area contributed by atoms with Gasteiger partial charge in [-0.1, -0.05) is 28.1 Å². The van der Waals surface area contributed by atoms with Crippen molar-refractivity contribution >= 4 is 31.9 Å². The number of nitrogens with two attached hydrogens (primary N) is 1. The van der Waals surface area contributed by atoms with Crippen molar-refractivity contribution in [3.8, 4) is 0 Å². The molecule has 2 rings (SSSR count). The Bertz CT molecular complexity index is 585. The number of hydrogen-bond acceptors (Lipinski definition) is 3. The molecule has 0 saturated carbocycles. The summed E-state index contributed by atoms with van der Waals surface area (Å²) in [5, 5.41) is 4.32. The topological polar surface area (TPSA) is 80.5 Å². The Labute approximate surface area is 121 Å². The number of carbonyl (C=O) groups excluding carboxylic acids is 1. The minimum atomic E-state index is -3.66. The highest BCUT2D eigenvalue weighted by molar-refractivity contribution is 9.10. The molecular weight excluding hydrogens is 332 g/mol. The summed E-state index contributed by atoms with van der Waals surface area (Å²) >= 11 is 3.35. The third kappa shape index (κ3) is 3.16. The highest BCUT2D eigenvalue weighted by Crippen LogP contribution is 2.28. The fourth-order valence-electron chi connectivity index (χ4n) is 2.21. The molecular formula is C12H15BrN2O3S. The summed E-state index contributed by atoms with van der Waals surface area (Å²) in [6.45, 7) is 2.04. The van der Waals surface area contributed by atoms with Crippen LogP contribution in [0.5, 0.6) is 0 Å². The molecule has 5 nitrogen and oxygen atoms in total. The van der Waals surface area contributed by atoms with Crippen LogP contribution in [-0.4, -0.2) is 31.0 Å². The largest absolute Gasteiger partial charge is 0.335 e. The van der Waals surface area contributed by atoms with Gasteiger partial charge in [0.05, 0.1) is 6.04 Å². The molecule has 0 bridgehead atoms. The molecule has 0 aromatic heterocycles. The molecule has 104 valence electrons. The molecule has 1 aliphatic rings. The first-order valence-electron chi connectivity index (χ1n) is 5.85. The van der Waals surface area contributed by atoms with Crippen molar-refractivity contribution in [2.45, 2.75) is 24.6 Å². The van der Waals surface area contributed by atoms with Gasteiger partial charge in [-0.2, -0.15) is 0 Å². The van der Waals surface area contributed by atoms with Gasteiger partial charge >= 0.3 is 0 Å². The quantitative estimate of drug-likeness (QED) is 0.898. The second-order valence-corrected chi connectivity index (χ2v) is 7.45. The van der Waals surface area contributed by atoms with Gasteiger partial charge in [-0.05, 0) is 24.6 Å². The van der Waals surface area contributed by atoms with Crippen molar-refractivity contribution in [2.75, 3.05) is 6.54 Å². The van der Waals surface area contributed by atoms with E-state index in [9.17, 15) is 13.2 Å². The van der Waals surface area contributed by atoms with Crippen LogP contribution in [0.25, 0.3) is 0 Å². The SMILES string of the molecule is CC(c1ccc(Br)cc1)N1CC(S(N)(=O)=O)CC1=O. The number of rotatable bonds is 3. The van der Waals surface area contributed by atoms with Crippen LogP contribution in [0.3, 0.4) is 0 Å². The van der Waals surface area contributed by atoms with Crippen molar-refractivity contribution < 1.29 is 13.2 Å². The molecule has 1 aromatic rings. The fourth-order valence-corrected chi connectivity index (χ4v) is 3.22. The van der Waals surface area contributed by atoms with Crippen LogP contribution in [0.4, 0.5) is 0 Å². The van der Waals surface area contributed by atoms with E-state index in [4.69, 9.17) is 5.14 Å². The number of primary sulfonamides is 1. The van der Waals surface area contributed by atoms with Crippen LogP contribution in [0.15, 0.2) is 28.7 Å². The van der Waals surface area contributed by atoms with Crippen LogP contribution < -0.4 is 5.14 Å². The van der Waals surface area contributed by atoms with E-state index in [-0.39, 0.29) is 24.9 Å². The maximum atomic E-state index is 11.9. The lowest BCUT2D eigenvalue weighted by Crippen LogP contribution is -2.33. The summed E-state index contributed by atoms with van der Waals surface area (Å²) in [5.74, 6) is -0.172. The van der Waals surface area contributed by atoms with Crippen LogP contribution in [0, 0.1) is 0 Å². The highest BCUT2D eigenvalue weighted by atomic mass is 79.9. The summed E-state index contributed by atoms with van der Waals surface area (Å²) in [4.78, 5) is 13.5. The number of benzene rings is 1. The van der Waals surface area contributed by atoms with Crippen molar-refractivity contribution in [3.05, 3.63) is 34.3 Å². The zero-order chi connectivity index (χ0) is 14.2. The van der Waals surface area contributed by atoms with E-state index >= 15 is 0 Å². The lowest BCUT2D eigenvalue weighted by atomic mass is 10.1. The first kappa shape index (κ1) is 14.5. The van der Waals surface area contributed by atoms with E-state index in [1.807, 2.05) is 31.2 Å². The van der Waals surface area contributed by atoms with Gasteiger partial charge in [0.25, 0.3) is 0 Å². The fraction of sp³-hybridized carbons (Fsp3) is 0.417. The van der Waals surface area contributed by atoms with Gasteiger partial charge < -0.3 is 4.90 Å². The van der Waals surface area contributed by atoms with Gasteiger partial charge in [0.2, 0.25) is 15.9 Å². The molecule has 1 aliphatic heterocycles. The molecule has 7 heteroatoms. The first-order valence-corrected chi connectivity index (χ1v) is 8.26. The van der Waals surface area contributed by atoms with E-state index in [0.717, 1.165) is 10.0 Å². The molecule has 2 N–H and O–H groups in total. The molecule has 2 unspecified atom stereocenters. The standard InChI is InChI=1S/C12H15BrN2O3S/c1-8(9-2-4-10(13)5-3-9)15-7-11(6-12(15)16)19(14,17)18/h2-5,8,11H,6-7H2,1H3,(H2,14,17,18). The number of amides is 1. The maximum Gasteiger partial charge on any atom is 0.224 e. The normalized spacial score (nSPS) is 21.7. The van der Waals surface area contributed by atoms with E-state index in [2.05, 4.69) is 15.9 Å². The van der Waals surface area contributed by atoms with Gasteiger partial charge in [-0.25, -0.2) is 13.6 Å². The van der Waals surface area contributed by atoms with E-state index in [1.165, 1.54) is 0 Å². The zero-order valence-electron chi connectivity index (χ0n) is 10.4. The Morgan fingerprint density at radius 3 is 2.42 bits per heavy atom.